The van der Waals surface area contributed by atoms with Crippen molar-refractivity contribution in [3.63, 3.8) is 0 Å². The summed E-state index contributed by atoms with van der Waals surface area (Å²) in [7, 11) is 1.69. The molecule has 0 atom stereocenters. The third kappa shape index (κ3) is 3.29. The standard InChI is InChI=1S/C11H19N5OS/c1-16(9(17)7-18-10(13)15-14)11(8-12)5-3-2-4-6-11/h2-7,14H2,1H3,(H2,13,15). The minimum absolute atomic E-state index is 0.116. The van der Waals surface area contributed by atoms with Crippen LogP contribution < -0.4 is 11.6 Å². The molecule has 1 fully saturated rings. The second-order valence-electron chi connectivity index (χ2n) is 4.41. The zero-order chi connectivity index (χ0) is 13.6. The van der Waals surface area contributed by atoms with Gasteiger partial charge < -0.3 is 16.5 Å². The molecule has 1 aliphatic carbocycles. The van der Waals surface area contributed by atoms with Crippen molar-refractivity contribution in [3.05, 3.63) is 0 Å². The van der Waals surface area contributed by atoms with Crippen LogP contribution in [0.5, 0.6) is 0 Å². The SMILES string of the molecule is CN(C(=O)CSC(N)=NN)C1(C#N)CCCCC1. The Morgan fingerprint density at radius 2 is 2.11 bits per heavy atom. The molecule has 1 amide bonds. The molecule has 6 nitrogen and oxygen atoms in total. The van der Waals surface area contributed by atoms with Crippen molar-refractivity contribution in [1.82, 2.24) is 4.90 Å². The lowest BCUT2D eigenvalue weighted by Gasteiger charge is -2.39. The number of nitriles is 1. The van der Waals surface area contributed by atoms with Gasteiger partial charge in [0, 0.05) is 7.05 Å². The molecular weight excluding hydrogens is 250 g/mol. The molecule has 0 unspecified atom stereocenters. The molecule has 1 saturated carbocycles. The zero-order valence-electron chi connectivity index (χ0n) is 10.6. The Balaban J connectivity index is 2.64. The average molecular weight is 269 g/mol. The molecule has 4 N–H and O–H groups in total. The Morgan fingerprint density at radius 1 is 1.50 bits per heavy atom. The Labute approximate surface area is 111 Å². The van der Waals surface area contributed by atoms with Crippen LogP contribution in [0.25, 0.3) is 0 Å². The van der Waals surface area contributed by atoms with Crippen molar-refractivity contribution in [3.8, 4) is 6.07 Å². The Morgan fingerprint density at radius 3 is 2.61 bits per heavy atom. The van der Waals surface area contributed by atoms with E-state index < -0.39 is 5.54 Å². The lowest BCUT2D eigenvalue weighted by molar-refractivity contribution is -0.131. The highest BCUT2D eigenvalue weighted by Crippen LogP contribution is 2.32. The molecular formula is C11H19N5OS. The van der Waals surface area contributed by atoms with E-state index in [-0.39, 0.29) is 16.8 Å². The van der Waals surface area contributed by atoms with Crippen LogP contribution in [0, 0.1) is 11.3 Å². The van der Waals surface area contributed by atoms with Crippen LogP contribution in [0.1, 0.15) is 32.1 Å². The van der Waals surface area contributed by atoms with Gasteiger partial charge in [-0.3, -0.25) is 4.79 Å². The van der Waals surface area contributed by atoms with Crippen molar-refractivity contribution in [2.24, 2.45) is 16.7 Å². The maximum atomic E-state index is 12.0. The van der Waals surface area contributed by atoms with Gasteiger partial charge in [-0.05, 0) is 12.8 Å². The fourth-order valence-corrected chi connectivity index (χ4v) is 2.71. The smallest absolute Gasteiger partial charge is 0.234 e. The van der Waals surface area contributed by atoms with E-state index in [1.165, 1.54) is 0 Å². The summed E-state index contributed by atoms with van der Waals surface area (Å²) in [5.74, 6) is 5.04. The molecule has 18 heavy (non-hydrogen) atoms. The fourth-order valence-electron chi connectivity index (χ4n) is 2.17. The number of thioether (sulfide) groups is 1. The molecule has 0 bridgehead atoms. The summed E-state index contributed by atoms with van der Waals surface area (Å²) in [5, 5.41) is 12.8. The van der Waals surface area contributed by atoms with Crippen molar-refractivity contribution >= 4 is 22.8 Å². The minimum Gasteiger partial charge on any atom is -0.377 e. The van der Waals surface area contributed by atoms with Gasteiger partial charge in [0.2, 0.25) is 5.91 Å². The maximum absolute atomic E-state index is 12.0. The highest BCUT2D eigenvalue weighted by molar-refractivity contribution is 8.14. The van der Waals surface area contributed by atoms with E-state index in [4.69, 9.17) is 11.6 Å². The number of amides is 1. The lowest BCUT2D eigenvalue weighted by Crippen LogP contribution is -2.50. The van der Waals surface area contributed by atoms with Crippen LogP contribution >= 0.6 is 11.8 Å². The van der Waals surface area contributed by atoms with E-state index in [1.54, 1.807) is 11.9 Å². The summed E-state index contributed by atoms with van der Waals surface area (Å²) in [4.78, 5) is 13.6. The first kappa shape index (κ1) is 14.6. The van der Waals surface area contributed by atoms with E-state index >= 15 is 0 Å². The van der Waals surface area contributed by atoms with Gasteiger partial charge >= 0.3 is 0 Å². The molecule has 100 valence electrons. The summed E-state index contributed by atoms with van der Waals surface area (Å²) in [6.45, 7) is 0. The van der Waals surface area contributed by atoms with Gasteiger partial charge in [0.15, 0.2) is 5.17 Å². The first-order chi connectivity index (χ1) is 8.55. The number of hydrogen-bond donors (Lipinski definition) is 2. The molecule has 0 aromatic carbocycles. The summed E-state index contributed by atoms with van der Waals surface area (Å²) < 4.78 is 0. The number of hydrogen-bond acceptors (Lipinski definition) is 5. The topological polar surface area (TPSA) is 108 Å². The van der Waals surface area contributed by atoms with Gasteiger partial charge in [0.1, 0.15) is 5.54 Å². The van der Waals surface area contributed by atoms with Gasteiger partial charge in [0.05, 0.1) is 11.8 Å². The normalized spacial score (nSPS) is 19.0. The molecule has 7 heteroatoms. The quantitative estimate of drug-likeness (QED) is 0.337. The monoisotopic (exact) mass is 269 g/mol. The number of nitrogens with zero attached hydrogens (tertiary/aromatic N) is 3. The summed E-state index contributed by atoms with van der Waals surface area (Å²) in [5.41, 5.74) is 4.77. The van der Waals surface area contributed by atoms with Crippen LogP contribution in [0.4, 0.5) is 0 Å². The predicted molar refractivity (Wildman–Crippen MR) is 72.5 cm³/mol. The number of nitrogens with two attached hydrogens (primary N) is 2. The molecule has 0 aliphatic heterocycles. The Hall–Kier alpha value is -1.42. The van der Waals surface area contributed by atoms with Gasteiger partial charge in [-0.15, -0.1) is 0 Å². The van der Waals surface area contributed by atoms with Crippen LogP contribution in [-0.4, -0.2) is 34.3 Å². The Kier molecular flexibility index (Phi) is 5.28. The molecule has 0 saturated heterocycles. The third-order valence-electron chi connectivity index (χ3n) is 3.38. The van der Waals surface area contributed by atoms with Crippen molar-refractivity contribution in [1.29, 1.82) is 5.26 Å². The highest BCUT2D eigenvalue weighted by atomic mass is 32.2. The van der Waals surface area contributed by atoms with Crippen LogP contribution in [-0.2, 0) is 4.79 Å². The summed E-state index contributed by atoms with van der Waals surface area (Å²) in [6, 6.07) is 2.31. The van der Waals surface area contributed by atoms with E-state index in [1.807, 2.05) is 0 Å². The van der Waals surface area contributed by atoms with Crippen LogP contribution in [0.2, 0.25) is 0 Å². The third-order valence-corrected chi connectivity index (χ3v) is 4.17. The molecule has 1 aliphatic rings. The number of carbonyl (C=O) groups is 1. The minimum atomic E-state index is -0.648. The molecule has 0 heterocycles. The van der Waals surface area contributed by atoms with E-state index in [0.29, 0.717) is 0 Å². The molecule has 0 radical (unpaired) electrons. The number of rotatable bonds is 3. The van der Waals surface area contributed by atoms with E-state index in [2.05, 4.69) is 11.2 Å². The van der Waals surface area contributed by atoms with Gasteiger partial charge in [0.25, 0.3) is 0 Å². The van der Waals surface area contributed by atoms with Crippen molar-refractivity contribution in [2.45, 2.75) is 37.6 Å². The lowest BCUT2D eigenvalue weighted by atomic mass is 9.81. The van der Waals surface area contributed by atoms with Gasteiger partial charge in [-0.25, -0.2) is 0 Å². The second kappa shape index (κ2) is 6.50. The zero-order valence-corrected chi connectivity index (χ0v) is 11.4. The van der Waals surface area contributed by atoms with Crippen molar-refractivity contribution < 1.29 is 4.79 Å². The molecule has 0 aromatic heterocycles. The van der Waals surface area contributed by atoms with E-state index in [9.17, 15) is 10.1 Å². The van der Waals surface area contributed by atoms with Crippen molar-refractivity contribution in [2.75, 3.05) is 12.8 Å². The predicted octanol–water partition coefficient (Wildman–Crippen LogP) is 0.593. The molecule has 0 spiro atoms. The number of carbonyl (C=O) groups excluding carboxylic acids is 1. The summed E-state index contributed by atoms with van der Waals surface area (Å²) >= 11 is 1.09. The highest BCUT2D eigenvalue weighted by Gasteiger charge is 2.38. The first-order valence-electron chi connectivity index (χ1n) is 5.90. The van der Waals surface area contributed by atoms with E-state index in [0.717, 1.165) is 43.9 Å². The molecule has 1 rings (SSSR count). The average Bonchev–Trinajstić information content (AvgIpc) is 2.44. The molecule has 0 aromatic rings. The van der Waals surface area contributed by atoms with Gasteiger partial charge in [-0.1, -0.05) is 31.0 Å². The van der Waals surface area contributed by atoms with Crippen LogP contribution in [0.15, 0.2) is 5.10 Å². The largest absolute Gasteiger partial charge is 0.377 e. The second-order valence-corrected chi connectivity index (χ2v) is 5.41. The van der Waals surface area contributed by atoms with Crippen LogP contribution in [0.3, 0.4) is 0 Å². The first-order valence-corrected chi connectivity index (χ1v) is 6.88. The maximum Gasteiger partial charge on any atom is 0.234 e. The number of amidine groups is 1. The fraction of sp³-hybridized carbons (Fsp3) is 0.727. The summed E-state index contributed by atoms with van der Waals surface area (Å²) in [6.07, 6.45) is 4.61. The number of hydrazone groups is 1. The Bertz CT molecular complexity index is 370. The van der Waals surface area contributed by atoms with Gasteiger partial charge in [-0.2, -0.15) is 10.4 Å².